The van der Waals surface area contributed by atoms with E-state index in [1.165, 1.54) is 32.1 Å². The van der Waals surface area contributed by atoms with Crippen molar-refractivity contribution in [3.05, 3.63) is 0 Å². The lowest BCUT2D eigenvalue weighted by Gasteiger charge is -2.02. The molecule has 0 aliphatic carbocycles. The van der Waals surface area contributed by atoms with Crippen LogP contribution in [0.15, 0.2) is 0 Å². The Bertz CT molecular complexity index is 149. The van der Waals surface area contributed by atoms with Gasteiger partial charge in [-0.3, -0.25) is 4.79 Å². The van der Waals surface area contributed by atoms with Crippen molar-refractivity contribution in [1.29, 1.82) is 0 Å². The maximum absolute atomic E-state index is 11.2. The van der Waals surface area contributed by atoms with Gasteiger partial charge in [0, 0.05) is 13.0 Å². The van der Waals surface area contributed by atoms with Crippen LogP contribution in [0.3, 0.4) is 0 Å². The molecule has 0 unspecified atom stereocenters. The molecule has 3 nitrogen and oxygen atoms in total. The van der Waals surface area contributed by atoms with Crippen molar-refractivity contribution >= 4 is 5.78 Å². The number of hydrogen-bond acceptors (Lipinski definition) is 3. The van der Waals surface area contributed by atoms with E-state index in [2.05, 4.69) is 6.92 Å². The van der Waals surface area contributed by atoms with E-state index in [-0.39, 0.29) is 12.4 Å². The average molecular weight is 215 g/mol. The lowest BCUT2D eigenvalue weighted by Crippen LogP contribution is -2.14. The maximum atomic E-state index is 11.2. The van der Waals surface area contributed by atoms with Crippen LogP contribution in [0.25, 0.3) is 0 Å². The van der Waals surface area contributed by atoms with Gasteiger partial charge in [-0.05, 0) is 6.42 Å². The Morgan fingerprint density at radius 3 is 2.47 bits per heavy atom. The first-order valence-electron chi connectivity index (χ1n) is 6.10. The van der Waals surface area contributed by atoms with Gasteiger partial charge in [0.25, 0.3) is 0 Å². The molecule has 0 aromatic carbocycles. The molecule has 0 amide bonds. The van der Waals surface area contributed by atoms with Crippen molar-refractivity contribution in [3.8, 4) is 0 Å². The molecule has 0 fully saturated rings. The fraction of sp³-hybridized carbons (Fsp3) is 0.917. The highest BCUT2D eigenvalue weighted by Crippen LogP contribution is 2.07. The molecule has 15 heavy (non-hydrogen) atoms. The zero-order valence-corrected chi connectivity index (χ0v) is 9.96. The summed E-state index contributed by atoms with van der Waals surface area (Å²) in [5.41, 5.74) is 5.25. The molecule has 0 atom stereocenters. The Labute approximate surface area is 93.4 Å². The Morgan fingerprint density at radius 1 is 1.13 bits per heavy atom. The lowest BCUT2D eigenvalue weighted by atomic mass is 10.1. The molecular weight excluding hydrogens is 190 g/mol. The molecule has 3 heteroatoms. The quantitative estimate of drug-likeness (QED) is 0.538. The van der Waals surface area contributed by atoms with E-state index in [1.54, 1.807) is 0 Å². The summed E-state index contributed by atoms with van der Waals surface area (Å²) in [5.74, 6) is 0.207. The number of rotatable bonds is 11. The van der Waals surface area contributed by atoms with Crippen LogP contribution in [0.2, 0.25) is 0 Å². The highest BCUT2D eigenvalue weighted by atomic mass is 16.5. The molecule has 90 valence electrons. The number of carbonyl (C=O) groups is 1. The van der Waals surface area contributed by atoms with Gasteiger partial charge >= 0.3 is 0 Å². The Balaban J connectivity index is 3.10. The molecular formula is C12H25NO2. The summed E-state index contributed by atoms with van der Waals surface area (Å²) >= 11 is 0. The fourth-order valence-electron chi connectivity index (χ4n) is 1.44. The molecule has 0 saturated carbocycles. The van der Waals surface area contributed by atoms with E-state index in [1.807, 2.05) is 0 Å². The van der Waals surface area contributed by atoms with Crippen molar-refractivity contribution in [1.82, 2.24) is 0 Å². The highest BCUT2D eigenvalue weighted by molar-refractivity contribution is 5.79. The second-order valence-electron chi connectivity index (χ2n) is 3.90. The number of ketones is 1. The largest absolute Gasteiger partial charge is 0.372 e. The van der Waals surface area contributed by atoms with Gasteiger partial charge in [-0.25, -0.2) is 0 Å². The van der Waals surface area contributed by atoms with Crippen LogP contribution in [0.1, 0.15) is 51.9 Å². The first-order chi connectivity index (χ1) is 7.31. The van der Waals surface area contributed by atoms with E-state index in [9.17, 15) is 4.79 Å². The second kappa shape index (κ2) is 11.7. The van der Waals surface area contributed by atoms with Gasteiger partial charge in [-0.15, -0.1) is 0 Å². The summed E-state index contributed by atoms with van der Waals surface area (Å²) in [7, 11) is 0. The predicted molar refractivity (Wildman–Crippen MR) is 62.9 cm³/mol. The molecule has 0 rings (SSSR count). The van der Waals surface area contributed by atoms with Crippen LogP contribution in [0.5, 0.6) is 0 Å². The van der Waals surface area contributed by atoms with E-state index >= 15 is 0 Å². The first kappa shape index (κ1) is 14.6. The lowest BCUT2D eigenvalue weighted by molar-refractivity contribution is -0.123. The van der Waals surface area contributed by atoms with Gasteiger partial charge < -0.3 is 10.5 Å². The number of ether oxygens (including phenoxy) is 1. The molecule has 0 aliphatic heterocycles. The summed E-state index contributed by atoms with van der Waals surface area (Å²) in [5, 5.41) is 0. The number of unbranched alkanes of at least 4 members (excludes halogenated alkanes) is 5. The van der Waals surface area contributed by atoms with Gasteiger partial charge in [0.1, 0.15) is 6.61 Å². The molecule has 0 aromatic heterocycles. The van der Waals surface area contributed by atoms with Crippen molar-refractivity contribution < 1.29 is 9.53 Å². The summed E-state index contributed by atoms with van der Waals surface area (Å²) in [6.07, 6.45) is 7.98. The molecule has 0 bridgehead atoms. The summed E-state index contributed by atoms with van der Waals surface area (Å²) < 4.78 is 5.07. The number of hydrogen-bond donors (Lipinski definition) is 1. The Hall–Kier alpha value is -0.410. The van der Waals surface area contributed by atoms with E-state index in [0.29, 0.717) is 19.6 Å². The van der Waals surface area contributed by atoms with E-state index in [0.717, 1.165) is 6.42 Å². The minimum atomic E-state index is 0.207. The van der Waals surface area contributed by atoms with Gasteiger partial charge in [0.15, 0.2) is 5.78 Å². The SMILES string of the molecule is CCCCCCCCC(=O)COCCN. The minimum Gasteiger partial charge on any atom is -0.372 e. The standard InChI is InChI=1S/C12H25NO2/c1-2-3-4-5-6-7-8-12(14)11-15-10-9-13/h2-11,13H2,1H3. The van der Waals surface area contributed by atoms with Crippen molar-refractivity contribution in [2.45, 2.75) is 51.9 Å². The molecule has 0 aliphatic rings. The average Bonchev–Trinajstić information content (AvgIpc) is 2.23. The van der Waals surface area contributed by atoms with Gasteiger partial charge in [0.2, 0.25) is 0 Å². The zero-order chi connectivity index (χ0) is 11.4. The van der Waals surface area contributed by atoms with Crippen LogP contribution in [-0.4, -0.2) is 25.5 Å². The molecule has 0 radical (unpaired) electrons. The van der Waals surface area contributed by atoms with E-state index in [4.69, 9.17) is 10.5 Å². The van der Waals surface area contributed by atoms with Gasteiger partial charge in [-0.1, -0.05) is 39.0 Å². The fourth-order valence-corrected chi connectivity index (χ4v) is 1.44. The van der Waals surface area contributed by atoms with Crippen LogP contribution < -0.4 is 5.73 Å². The highest BCUT2D eigenvalue weighted by Gasteiger charge is 2.01. The van der Waals surface area contributed by atoms with E-state index < -0.39 is 0 Å². The summed E-state index contributed by atoms with van der Waals surface area (Å²) in [6, 6.07) is 0. The van der Waals surface area contributed by atoms with Crippen molar-refractivity contribution in [3.63, 3.8) is 0 Å². The monoisotopic (exact) mass is 215 g/mol. The molecule has 0 spiro atoms. The first-order valence-corrected chi connectivity index (χ1v) is 6.10. The van der Waals surface area contributed by atoms with Crippen molar-refractivity contribution in [2.75, 3.05) is 19.8 Å². The number of nitrogens with two attached hydrogens (primary N) is 1. The third-order valence-electron chi connectivity index (χ3n) is 2.33. The Kier molecular flexibility index (Phi) is 11.3. The zero-order valence-electron chi connectivity index (χ0n) is 9.96. The van der Waals surface area contributed by atoms with Crippen LogP contribution in [0.4, 0.5) is 0 Å². The number of carbonyl (C=O) groups excluding carboxylic acids is 1. The molecule has 2 N–H and O–H groups in total. The normalized spacial score (nSPS) is 10.5. The smallest absolute Gasteiger partial charge is 0.158 e. The maximum Gasteiger partial charge on any atom is 0.158 e. The van der Waals surface area contributed by atoms with Gasteiger partial charge in [-0.2, -0.15) is 0 Å². The third-order valence-corrected chi connectivity index (χ3v) is 2.33. The predicted octanol–water partition coefficient (Wildman–Crippen LogP) is 2.28. The van der Waals surface area contributed by atoms with Crippen LogP contribution >= 0.6 is 0 Å². The molecule has 0 saturated heterocycles. The number of Topliss-reactive ketones (excluding diaryl/α,β-unsaturated/α-hetero) is 1. The molecule has 0 heterocycles. The van der Waals surface area contributed by atoms with Crippen LogP contribution in [-0.2, 0) is 9.53 Å². The molecule has 0 aromatic rings. The Morgan fingerprint density at radius 2 is 1.80 bits per heavy atom. The summed E-state index contributed by atoms with van der Waals surface area (Å²) in [4.78, 5) is 11.2. The third kappa shape index (κ3) is 11.5. The topological polar surface area (TPSA) is 52.3 Å². The van der Waals surface area contributed by atoms with Gasteiger partial charge in [0.05, 0.1) is 6.61 Å². The van der Waals surface area contributed by atoms with Crippen LogP contribution in [0, 0.1) is 0 Å². The second-order valence-corrected chi connectivity index (χ2v) is 3.90. The minimum absolute atomic E-state index is 0.207. The summed E-state index contributed by atoms with van der Waals surface area (Å²) in [6.45, 7) is 3.43. The van der Waals surface area contributed by atoms with Crippen molar-refractivity contribution in [2.24, 2.45) is 5.73 Å².